The second-order valence-corrected chi connectivity index (χ2v) is 5.72. The summed E-state index contributed by atoms with van der Waals surface area (Å²) >= 11 is 1.72. The molecule has 1 saturated carbocycles. The average molecular weight is 239 g/mol. The monoisotopic (exact) mass is 239 g/mol. The van der Waals surface area contributed by atoms with Crippen LogP contribution in [0.1, 0.15) is 24.1 Å². The normalized spacial score (nSPS) is 18.4. The highest BCUT2D eigenvalue weighted by Gasteiger charge is 2.44. The molecule has 0 spiro atoms. The molecule has 2 rings (SSSR count). The molecule has 1 aromatic rings. The van der Waals surface area contributed by atoms with Gasteiger partial charge in [-0.15, -0.1) is 11.3 Å². The van der Waals surface area contributed by atoms with Crippen LogP contribution in [-0.4, -0.2) is 29.6 Å². The van der Waals surface area contributed by atoms with E-state index in [9.17, 15) is 9.90 Å². The van der Waals surface area contributed by atoms with Crippen LogP contribution in [0.3, 0.4) is 0 Å². The van der Waals surface area contributed by atoms with Gasteiger partial charge in [-0.25, -0.2) is 0 Å². The minimum absolute atomic E-state index is 0.466. The maximum absolute atomic E-state index is 11.2. The van der Waals surface area contributed by atoms with Crippen molar-refractivity contribution in [3.8, 4) is 0 Å². The molecule has 1 aliphatic rings. The Kier molecular flexibility index (Phi) is 3.30. The summed E-state index contributed by atoms with van der Waals surface area (Å²) in [5, 5.41) is 11.3. The topological polar surface area (TPSA) is 40.5 Å². The van der Waals surface area contributed by atoms with E-state index in [1.165, 1.54) is 4.88 Å². The lowest BCUT2D eigenvalue weighted by atomic mass is 9.68. The van der Waals surface area contributed by atoms with Gasteiger partial charge in [-0.3, -0.25) is 4.79 Å². The highest BCUT2D eigenvalue weighted by molar-refractivity contribution is 7.09. The number of aliphatic carboxylic acids is 1. The molecule has 88 valence electrons. The predicted molar refractivity (Wildman–Crippen MR) is 64.6 cm³/mol. The Labute approximate surface area is 99.7 Å². The zero-order valence-electron chi connectivity index (χ0n) is 9.48. The van der Waals surface area contributed by atoms with E-state index in [0.29, 0.717) is 6.54 Å². The molecule has 4 heteroatoms. The van der Waals surface area contributed by atoms with Crippen LogP contribution in [0, 0.1) is 5.41 Å². The highest BCUT2D eigenvalue weighted by atomic mass is 32.1. The molecule has 1 fully saturated rings. The van der Waals surface area contributed by atoms with Gasteiger partial charge in [-0.2, -0.15) is 0 Å². The molecule has 1 aliphatic carbocycles. The lowest BCUT2D eigenvalue weighted by Gasteiger charge is -2.40. The summed E-state index contributed by atoms with van der Waals surface area (Å²) in [5.41, 5.74) is -0.466. The average Bonchev–Trinajstić information content (AvgIpc) is 2.63. The van der Waals surface area contributed by atoms with E-state index in [1.807, 2.05) is 13.1 Å². The standard InChI is InChI=1S/C12H17NO2S/c1-13(8-10-4-2-7-16-10)9-12(11(14)15)5-3-6-12/h2,4,7H,3,5-6,8-9H2,1H3,(H,14,15). The molecule has 3 nitrogen and oxygen atoms in total. The van der Waals surface area contributed by atoms with Crippen molar-refractivity contribution in [2.24, 2.45) is 5.41 Å². The Morgan fingerprint density at radius 1 is 1.62 bits per heavy atom. The maximum atomic E-state index is 11.2. The third-order valence-electron chi connectivity index (χ3n) is 3.34. The summed E-state index contributed by atoms with van der Waals surface area (Å²) < 4.78 is 0. The molecule has 0 unspecified atom stereocenters. The zero-order valence-corrected chi connectivity index (χ0v) is 10.3. The van der Waals surface area contributed by atoms with Gasteiger partial charge in [0.15, 0.2) is 0 Å². The number of thiophene rings is 1. The number of carbonyl (C=O) groups is 1. The smallest absolute Gasteiger partial charge is 0.310 e. The number of carboxylic acid groups (broad SMARTS) is 1. The van der Waals surface area contributed by atoms with Crippen molar-refractivity contribution in [3.05, 3.63) is 22.4 Å². The van der Waals surface area contributed by atoms with Crippen LogP contribution in [0.2, 0.25) is 0 Å². The van der Waals surface area contributed by atoms with Gasteiger partial charge >= 0.3 is 5.97 Å². The Bertz CT molecular complexity index is 357. The van der Waals surface area contributed by atoms with E-state index >= 15 is 0 Å². The van der Waals surface area contributed by atoms with E-state index < -0.39 is 11.4 Å². The van der Waals surface area contributed by atoms with Crippen molar-refractivity contribution in [2.75, 3.05) is 13.6 Å². The number of hydrogen-bond donors (Lipinski definition) is 1. The first kappa shape index (κ1) is 11.6. The quantitative estimate of drug-likeness (QED) is 0.858. The first-order chi connectivity index (χ1) is 7.62. The second-order valence-electron chi connectivity index (χ2n) is 4.69. The third-order valence-corrected chi connectivity index (χ3v) is 4.20. The fourth-order valence-corrected chi connectivity index (χ4v) is 3.07. The fraction of sp³-hybridized carbons (Fsp3) is 0.583. The molecule has 1 heterocycles. The van der Waals surface area contributed by atoms with Gasteiger partial charge in [0.1, 0.15) is 0 Å². The Hall–Kier alpha value is -0.870. The molecule has 0 radical (unpaired) electrons. The van der Waals surface area contributed by atoms with Gasteiger partial charge in [-0.05, 0) is 31.3 Å². The van der Waals surface area contributed by atoms with Crippen LogP contribution in [0.15, 0.2) is 17.5 Å². The summed E-state index contributed by atoms with van der Waals surface area (Å²) in [6, 6.07) is 4.12. The van der Waals surface area contributed by atoms with E-state index in [-0.39, 0.29) is 0 Å². The van der Waals surface area contributed by atoms with Gasteiger partial charge in [0.05, 0.1) is 5.41 Å². The van der Waals surface area contributed by atoms with Gasteiger partial charge in [0.2, 0.25) is 0 Å². The van der Waals surface area contributed by atoms with Crippen LogP contribution < -0.4 is 0 Å². The van der Waals surface area contributed by atoms with Crippen LogP contribution in [-0.2, 0) is 11.3 Å². The second kappa shape index (κ2) is 4.55. The van der Waals surface area contributed by atoms with Gasteiger partial charge in [0.25, 0.3) is 0 Å². The van der Waals surface area contributed by atoms with Crippen molar-refractivity contribution in [1.82, 2.24) is 4.90 Å². The van der Waals surface area contributed by atoms with E-state index in [1.54, 1.807) is 11.3 Å². The van der Waals surface area contributed by atoms with Crippen molar-refractivity contribution < 1.29 is 9.90 Å². The van der Waals surface area contributed by atoms with Gasteiger partial charge < -0.3 is 10.0 Å². The summed E-state index contributed by atoms with van der Waals surface area (Å²) in [7, 11) is 2.00. The van der Waals surface area contributed by atoms with Crippen molar-refractivity contribution in [3.63, 3.8) is 0 Å². The molecule has 0 atom stereocenters. The highest BCUT2D eigenvalue weighted by Crippen LogP contribution is 2.41. The lowest BCUT2D eigenvalue weighted by Crippen LogP contribution is -2.46. The number of rotatable bonds is 5. The van der Waals surface area contributed by atoms with Crippen LogP contribution in [0.5, 0.6) is 0 Å². The van der Waals surface area contributed by atoms with Crippen molar-refractivity contribution in [1.29, 1.82) is 0 Å². The predicted octanol–water partition coefficient (Wildman–Crippen LogP) is 2.43. The molecule has 16 heavy (non-hydrogen) atoms. The number of hydrogen-bond acceptors (Lipinski definition) is 3. The number of nitrogens with zero attached hydrogens (tertiary/aromatic N) is 1. The fourth-order valence-electron chi connectivity index (χ4n) is 2.28. The number of carboxylic acids is 1. The molecule has 0 aromatic carbocycles. The van der Waals surface area contributed by atoms with E-state index in [0.717, 1.165) is 25.8 Å². The Balaban J connectivity index is 1.91. The largest absolute Gasteiger partial charge is 0.481 e. The summed E-state index contributed by atoms with van der Waals surface area (Å²) in [6.07, 6.45) is 2.72. The summed E-state index contributed by atoms with van der Waals surface area (Å²) in [5.74, 6) is -0.628. The molecule has 0 saturated heterocycles. The Morgan fingerprint density at radius 3 is 2.81 bits per heavy atom. The minimum Gasteiger partial charge on any atom is -0.481 e. The SMILES string of the molecule is CN(Cc1cccs1)CC1(C(=O)O)CCC1. The summed E-state index contributed by atoms with van der Waals surface area (Å²) in [4.78, 5) is 14.6. The molecule has 1 N–H and O–H groups in total. The van der Waals surface area contributed by atoms with Crippen LogP contribution >= 0.6 is 11.3 Å². The molecule has 0 bridgehead atoms. The zero-order chi connectivity index (χ0) is 11.6. The maximum Gasteiger partial charge on any atom is 0.310 e. The first-order valence-corrected chi connectivity index (χ1v) is 6.45. The van der Waals surface area contributed by atoms with Gasteiger partial charge in [0, 0.05) is 18.0 Å². The van der Waals surface area contributed by atoms with E-state index in [4.69, 9.17) is 0 Å². The lowest BCUT2D eigenvalue weighted by molar-refractivity contribution is -0.156. The summed E-state index contributed by atoms with van der Waals surface area (Å²) in [6.45, 7) is 1.52. The third kappa shape index (κ3) is 2.28. The molecular formula is C12H17NO2S. The molecule has 1 aromatic heterocycles. The Morgan fingerprint density at radius 2 is 2.38 bits per heavy atom. The first-order valence-electron chi connectivity index (χ1n) is 5.57. The molecule has 0 amide bonds. The van der Waals surface area contributed by atoms with Crippen LogP contribution in [0.4, 0.5) is 0 Å². The molecule has 0 aliphatic heterocycles. The van der Waals surface area contributed by atoms with Gasteiger partial charge in [-0.1, -0.05) is 12.5 Å². The molecular weight excluding hydrogens is 222 g/mol. The van der Waals surface area contributed by atoms with E-state index in [2.05, 4.69) is 16.3 Å². The van der Waals surface area contributed by atoms with Crippen LogP contribution in [0.25, 0.3) is 0 Å². The minimum atomic E-state index is -0.628. The van der Waals surface area contributed by atoms with Crippen molar-refractivity contribution in [2.45, 2.75) is 25.8 Å². The van der Waals surface area contributed by atoms with Crippen molar-refractivity contribution >= 4 is 17.3 Å².